The van der Waals surface area contributed by atoms with Gasteiger partial charge in [-0.05, 0) is 35.0 Å². The van der Waals surface area contributed by atoms with Gasteiger partial charge in [0.1, 0.15) is 0 Å². The maximum absolute atomic E-state index is 11.8. The second-order valence-corrected chi connectivity index (χ2v) is 4.56. The molecule has 0 aliphatic carbocycles. The van der Waals surface area contributed by atoms with Gasteiger partial charge in [0.25, 0.3) is 11.6 Å². The number of rotatable bonds is 4. The lowest BCUT2D eigenvalue weighted by Crippen LogP contribution is -2.32. The van der Waals surface area contributed by atoms with Crippen LogP contribution < -0.4 is 5.32 Å². The predicted octanol–water partition coefficient (Wildman–Crippen LogP) is 2.50. The molecule has 0 saturated carbocycles. The molecule has 0 radical (unpaired) electrons. The Balaban J connectivity index is 2.91. The summed E-state index contributed by atoms with van der Waals surface area (Å²) in [6.45, 7) is 1.77. The van der Waals surface area contributed by atoms with Crippen LogP contribution in [0, 0.1) is 22.5 Å². The summed E-state index contributed by atoms with van der Waals surface area (Å²) in [5, 5.41) is 13.4. The third kappa shape index (κ3) is 3.57. The van der Waals surface area contributed by atoms with E-state index in [-0.39, 0.29) is 23.2 Å². The van der Waals surface area contributed by atoms with Crippen molar-refractivity contribution in [1.29, 1.82) is 0 Å². The Kier molecular flexibility index (Phi) is 4.86. The lowest BCUT2D eigenvalue weighted by atomic mass is 10.1. The maximum atomic E-state index is 11.8. The van der Waals surface area contributed by atoms with Crippen LogP contribution in [0.4, 0.5) is 5.69 Å². The van der Waals surface area contributed by atoms with Gasteiger partial charge in [0.05, 0.1) is 9.40 Å². The normalized spacial score (nSPS) is 11.4. The molecule has 6 heteroatoms. The minimum atomic E-state index is -0.550. The summed E-state index contributed by atoms with van der Waals surface area (Å²) >= 11 is 3.06. The first-order chi connectivity index (χ1) is 8.45. The van der Waals surface area contributed by atoms with E-state index in [1.807, 2.05) is 0 Å². The highest BCUT2D eigenvalue weighted by atomic mass is 79.9. The zero-order valence-electron chi connectivity index (χ0n) is 9.64. The Morgan fingerprint density at radius 2 is 2.33 bits per heavy atom. The topological polar surface area (TPSA) is 72.2 Å². The SMILES string of the molecule is C#CCC(C)NC(=O)c1ccc(Br)c([N+](=O)[O-])c1. The Hall–Kier alpha value is -1.87. The monoisotopic (exact) mass is 310 g/mol. The molecule has 1 N–H and O–H groups in total. The largest absolute Gasteiger partial charge is 0.349 e. The van der Waals surface area contributed by atoms with Crippen molar-refractivity contribution >= 4 is 27.5 Å². The van der Waals surface area contributed by atoms with Crippen molar-refractivity contribution in [2.75, 3.05) is 0 Å². The molecule has 1 rings (SSSR count). The summed E-state index contributed by atoms with van der Waals surface area (Å²) in [6.07, 6.45) is 5.54. The first-order valence-corrected chi connectivity index (χ1v) is 5.93. The number of nitro benzene ring substituents is 1. The van der Waals surface area contributed by atoms with Crippen LogP contribution in [0.2, 0.25) is 0 Å². The quantitative estimate of drug-likeness (QED) is 0.527. The summed E-state index contributed by atoms with van der Waals surface area (Å²) in [5.74, 6) is 2.05. The number of hydrogen-bond donors (Lipinski definition) is 1. The molecule has 1 atom stereocenters. The standard InChI is InChI=1S/C12H11BrN2O3/c1-3-4-8(2)14-12(16)9-5-6-10(13)11(7-9)15(17)18/h1,5-8H,4H2,2H3,(H,14,16). The van der Waals surface area contributed by atoms with Crippen molar-refractivity contribution in [2.24, 2.45) is 0 Å². The fourth-order valence-corrected chi connectivity index (χ4v) is 1.72. The molecule has 1 aromatic rings. The Labute approximate surface area is 113 Å². The lowest BCUT2D eigenvalue weighted by molar-refractivity contribution is -0.385. The van der Waals surface area contributed by atoms with Gasteiger partial charge in [-0.2, -0.15) is 0 Å². The molecule has 5 nitrogen and oxygen atoms in total. The average molecular weight is 311 g/mol. The molecule has 94 valence electrons. The number of benzene rings is 1. The van der Waals surface area contributed by atoms with E-state index in [9.17, 15) is 14.9 Å². The van der Waals surface area contributed by atoms with Gasteiger partial charge < -0.3 is 5.32 Å². The summed E-state index contributed by atoms with van der Waals surface area (Å²) in [4.78, 5) is 22.0. The maximum Gasteiger partial charge on any atom is 0.284 e. The van der Waals surface area contributed by atoms with Crippen molar-refractivity contribution in [3.8, 4) is 12.3 Å². The smallest absolute Gasteiger partial charge is 0.284 e. The van der Waals surface area contributed by atoms with Crippen LogP contribution >= 0.6 is 15.9 Å². The van der Waals surface area contributed by atoms with Crippen molar-refractivity contribution in [1.82, 2.24) is 5.32 Å². The molecule has 0 aliphatic heterocycles. The van der Waals surface area contributed by atoms with E-state index in [2.05, 4.69) is 27.2 Å². The second-order valence-electron chi connectivity index (χ2n) is 3.71. The van der Waals surface area contributed by atoms with Crippen LogP contribution in [0.5, 0.6) is 0 Å². The molecule has 0 aliphatic rings. The molecule has 0 bridgehead atoms. The zero-order valence-corrected chi connectivity index (χ0v) is 11.2. The Morgan fingerprint density at radius 1 is 1.67 bits per heavy atom. The van der Waals surface area contributed by atoms with Crippen LogP contribution in [0.15, 0.2) is 22.7 Å². The van der Waals surface area contributed by atoms with Crippen molar-refractivity contribution in [3.63, 3.8) is 0 Å². The number of amides is 1. The molecule has 18 heavy (non-hydrogen) atoms. The van der Waals surface area contributed by atoms with E-state index < -0.39 is 4.92 Å². The lowest BCUT2D eigenvalue weighted by Gasteiger charge is -2.10. The molecule has 0 spiro atoms. The van der Waals surface area contributed by atoms with Gasteiger partial charge in [-0.15, -0.1) is 12.3 Å². The molecular weight excluding hydrogens is 300 g/mol. The van der Waals surface area contributed by atoms with Gasteiger partial charge in [0, 0.05) is 24.1 Å². The van der Waals surface area contributed by atoms with E-state index in [1.165, 1.54) is 18.2 Å². The molecule has 0 saturated heterocycles. The zero-order chi connectivity index (χ0) is 13.7. The second kappa shape index (κ2) is 6.17. The molecule has 1 aromatic carbocycles. The highest BCUT2D eigenvalue weighted by Crippen LogP contribution is 2.25. The van der Waals surface area contributed by atoms with Gasteiger partial charge >= 0.3 is 0 Å². The number of hydrogen-bond acceptors (Lipinski definition) is 3. The fraction of sp³-hybridized carbons (Fsp3) is 0.250. The predicted molar refractivity (Wildman–Crippen MR) is 71.2 cm³/mol. The number of nitro groups is 1. The fourth-order valence-electron chi connectivity index (χ4n) is 1.33. The van der Waals surface area contributed by atoms with E-state index in [0.717, 1.165) is 0 Å². The summed E-state index contributed by atoms with van der Waals surface area (Å²) in [6, 6.07) is 4.03. The van der Waals surface area contributed by atoms with Crippen molar-refractivity contribution in [2.45, 2.75) is 19.4 Å². The van der Waals surface area contributed by atoms with Crippen LogP contribution in [-0.4, -0.2) is 16.9 Å². The van der Waals surface area contributed by atoms with Crippen LogP contribution in [0.3, 0.4) is 0 Å². The van der Waals surface area contributed by atoms with E-state index in [4.69, 9.17) is 6.42 Å². The molecular formula is C12H11BrN2O3. The van der Waals surface area contributed by atoms with Gasteiger partial charge in [-0.25, -0.2) is 0 Å². The first-order valence-electron chi connectivity index (χ1n) is 5.14. The number of terminal acetylenes is 1. The number of nitrogens with zero attached hydrogens (tertiary/aromatic N) is 1. The number of nitrogens with one attached hydrogen (secondary N) is 1. The van der Waals surface area contributed by atoms with Crippen molar-refractivity contribution < 1.29 is 9.72 Å². The molecule has 0 heterocycles. The minimum absolute atomic E-state index is 0.146. The highest BCUT2D eigenvalue weighted by Gasteiger charge is 2.16. The molecule has 1 unspecified atom stereocenters. The number of carbonyl (C=O) groups excluding carboxylic acids is 1. The first kappa shape index (κ1) is 14.2. The van der Waals surface area contributed by atoms with E-state index >= 15 is 0 Å². The van der Waals surface area contributed by atoms with Gasteiger partial charge in [0.15, 0.2) is 0 Å². The number of carbonyl (C=O) groups is 1. The summed E-state index contributed by atoms with van der Waals surface area (Å²) < 4.78 is 0.334. The van der Waals surface area contributed by atoms with Gasteiger partial charge in [-0.3, -0.25) is 14.9 Å². The van der Waals surface area contributed by atoms with E-state index in [1.54, 1.807) is 6.92 Å². The Morgan fingerprint density at radius 3 is 2.89 bits per heavy atom. The number of halogens is 1. The van der Waals surface area contributed by atoms with Crippen LogP contribution in [0.1, 0.15) is 23.7 Å². The van der Waals surface area contributed by atoms with Crippen LogP contribution in [0.25, 0.3) is 0 Å². The Bertz CT molecular complexity index is 523. The molecule has 0 fully saturated rings. The average Bonchev–Trinajstić information content (AvgIpc) is 2.29. The van der Waals surface area contributed by atoms with Gasteiger partial charge in [-0.1, -0.05) is 0 Å². The van der Waals surface area contributed by atoms with E-state index in [0.29, 0.717) is 10.9 Å². The summed E-state index contributed by atoms with van der Waals surface area (Å²) in [5.41, 5.74) is 0.0843. The van der Waals surface area contributed by atoms with Crippen molar-refractivity contribution in [3.05, 3.63) is 38.3 Å². The third-order valence-electron chi connectivity index (χ3n) is 2.21. The van der Waals surface area contributed by atoms with Gasteiger partial charge in [0.2, 0.25) is 0 Å². The van der Waals surface area contributed by atoms with Crippen LogP contribution in [-0.2, 0) is 0 Å². The third-order valence-corrected chi connectivity index (χ3v) is 2.88. The highest BCUT2D eigenvalue weighted by molar-refractivity contribution is 9.10. The molecule has 0 aromatic heterocycles. The molecule has 1 amide bonds. The summed E-state index contributed by atoms with van der Waals surface area (Å²) in [7, 11) is 0. The minimum Gasteiger partial charge on any atom is -0.349 e.